The highest BCUT2D eigenvalue weighted by Crippen LogP contribution is 2.10. The first-order valence-electron chi connectivity index (χ1n) is 5.20. The van der Waals surface area contributed by atoms with Crippen LogP contribution in [-0.4, -0.2) is 44.5 Å². The number of likely N-dealkylation sites (N-methyl/N-ethyl adjacent to an activating group) is 1. The van der Waals surface area contributed by atoms with E-state index in [4.69, 9.17) is 4.74 Å². The van der Waals surface area contributed by atoms with Crippen LogP contribution in [0.3, 0.4) is 0 Å². The number of benzene rings is 1. The monoisotopic (exact) mass is 243 g/mol. The van der Waals surface area contributed by atoms with Crippen molar-refractivity contribution in [2.75, 3.05) is 33.9 Å². The summed E-state index contributed by atoms with van der Waals surface area (Å²) in [5.41, 5.74) is -0.214. The highest BCUT2D eigenvalue weighted by Gasteiger charge is 2.14. The van der Waals surface area contributed by atoms with Crippen LogP contribution in [-0.2, 0) is 4.74 Å². The molecule has 0 amide bonds. The molecule has 17 heavy (non-hydrogen) atoms. The first-order valence-corrected chi connectivity index (χ1v) is 5.20. The molecule has 3 nitrogen and oxygen atoms in total. The van der Waals surface area contributed by atoms with Crippen LogP contribution >= 0.6 is 0 Å². The smallest absolute Gasteiger partial charge is 0.179 e. The van der Waals surface area contributed by atoms with Crippen molar-refractivity contribution in [2.45, 2.75) is 0 Å². The standard InChI is InChI=1S/C12H15F2NO2/c1-15(5-6-17-2)8-12(16)10-7-9(13)3-4-11(10)14/h3-4,7H,5-6,8H2,1-2H3. The molecule has 1 rings (SSSR count). The molecule has 0 aliphatic carbocycles. The zero-order valence-electron chi connectivity index (χ0n) is 9.87. The third-order valence-electron chi connectivity index (χ3n) is 2.32. The molecule has 0 radical (unpaired) electrons. The molecule has 0 aliphatic heterocycles. The van der Waals surface area contributed by atoms with Crippen LogP contribution < -0.4 is 0 Å². The highest BCUT2D eigenvalue weighted by atomic mass is 19.1. The first kappa shape index (κ1) is 13.7. The van der Waals surface area contributed by atoms with Gasteiger partial charge < -0.3 is 4.74 Å². The Balaban J connectivity index is 2.66. The van der Waals surface area contributed by atoms with Crippen molar-refractivity contribution in [1.29, 1.82) is 0 Å². The van der Waals surface area contributed by atoms with Crippen LogP contribution in [0, 0.1) is 11.6 Å². The van der Waals surface area contributed by atoms with Crippen LogP contribution in [0.1, 0.15) is 10.4 Å². The Hall–Kier alpha value is -1.33. The fraction of sp³-hybridized carbons (Fsp3) is 0.417. The number of ketones is 1. The SMILES string of the molecule is COCCN(C)CC(=O)c1cc(F)ccc1F. The van der Waals surface area contributed by atoms with Crippen molar-refractivity contribution in [2.24, 2.45) is 0 Å². The van der Waals surface area contributed by atoms with Gasteiger partial charge in [0.2, 0.25) is 0 Å². The number of ether oxygens (including phenoxy) is 1. The van der Waals surface area contributed by atoms with Gasteiger partial charge in [-0.25, -0.2) is 8.78 Å². The minimum absolute atomic E-state index is 0.0315. The molecule has 1 aromatic rings. The second kappa shape index (κ2) is 6.42. The number of Topliss-reactive ketones (excluding diaryl/α,β-unsaturated/α-hetero) is 1. The summed E-state index contributed by atoms with van der Waals surface area (Å²) in [6, 6.07) is 2.86. The van der Waals surface area contributed by atoms with Crippen LogP contribution in [0.4, 0.5) is 8.78 Å². The third kappa shape index (κ3) is 4.20. The predicted octanol–water partition coefficient (Wildman–Crippen LogP) is 1.73. The van der Waals surface area contributed by atoms with Gasteiger partial charge in [-0.15, -0.1) is 0 Å². The largest absolute Gasteiger partial charge is 0.383 e. The lowest BCUT2D eigenvalue weighted by molar-refractivity contribution is 0.0918. The third-order valence-corrected chi connectivity index (χ3v) is 2.32. The molecule has 0 saturated carbocycles. The molecule has 94 valence electrons. The molecule has 5 heteroatoms. The van der Waals surface area contributed by atoms with Gasteiger partial charge in [0.1, 0.15) is 11.6 Å². The number of halogens is 2. The number of methoxy groups -OCH3 is 1. The van der Waals surface area contributed by atoms with Gasteiger partial charge >= 0.3 is 0 Å². The number of rotatable bonds is 6. The number of carbonyl (C=O) groups is 1. The molecule has 0 aliphatic rings. The van der Waals surface area contributed by atoms with E-state index in [0.29, 0.717) is 13.2 Å². The van der Waals surface area contributed by atoms with Gasteiger partial charge in [0.05, 0.1) is 18.7 Å². The van der Waals surface area contributed by atoms with Crippen molar-refractivity contribution in [3.05, 3.63) is 35.4 Å². The highest BCUT2D eigenvalue weighted by molar-refractivity contribution is 5.97. The topological polar surface area (TPSA) is 29.5 Å². The number of carbonyl (C=O) groups excluding carboxylic acids is 1. The van der Waals surface area contributed by atoms with Crippen molar-refractivity contribution in [1.82, 2.24) is 4.90 Å². The molecule has 0 aromatic heterocycles. The van der Waals surface area contributed by atoms with Crippen LogP contribution in [0.15, 0.2) is 18.2 Å². The van der Waals surface area contributed by atoms with E-state index in [1.165, 1.54) is 0 Å². The maximum absolute atomic E-state index is 13.3. The lowest BCUT2D eigenvalue weighted by atomic mass is 10.1. The zero-order valence-corrected chi connectivity index (χ0v) is 9.87. The van der Waals surface area contributed by atoms with E-state index in [9.17, 15) is 13.6 Å². The van der Waals surface area contributed by atoms with Gasteiger partial charge in [-0.1, -0.05) is 0 Å². The molecular weight excluding hydrogens is 228 g/mol. The molecule has 0 N–H and O–H groups in total. The van der Waals surface area contributed by atoms with Gasteiger partial charge in [-0.05, 0) is 25.2 Å². The van der Waals surface area contributed by atoms with E-state index in [-0.39, 0.29) is 12.1 Å². The minimum Gasteiger partial charge on any atom is -0.383 e. The Kier molecular flexibility index (Phi) is 5.18. The second-order valence-electron chi connectivity index (χ2n) is 3.78. The second-order valence-corrected chi connectivity index (χ2v) is 3.78. The van der Waals surface area contributed by atoms with E-state index in [1.807, 2.05) is 0 Å². The van der Waals surface area contributed by atoms with E-state index in [1.54, 1.807) is 19.1 Å². The normalized spacial score (nSPS) is 10.9. The summed E-state index contributed by atoms with van der Waals surface area (Å²) in [4.78, 5) is 13.4. The lowest BCUT2D eigenvalue weighted by Gasteiger charge is -2.15. The summed E-state index contributed by atoms with van der Waals surface area (Å²) in [6.45, 7) is 1.07. The number of hydrogen-bond donors (Lipinski definition) is 0. The van der Waals surface area contributed by atoms with Gasteiger partial charge in [-0.2, -0.15) is 0 Å². The number of nitrogens with zero attached hydrogens (tertiary/aromatic N) is 1. The molecule has 1 aromatic carbocycles. The van der Waals surface area contributed by atoms with Crippen LogP contribution in [0.2, 0.25) is 0 Å². The lowest BCUT2D eigenvalue weighted by Crippen LogP contribution is -2.29. The average Bonchev–Trinajstić information content (AvgIpc) is 2.29. The van der Waals surface area contributed by atoms with E-state index in [0.717, 1.165) is 18.2 Å². The quantitative estimate of drug-likeness (QED) is 0.712. The molecule has 0 unspecified atom stereocenters. The Bertz CT molecular complexity index is 396. The summed E-state index contributed by atoms with van der Waals surface area (Å²) in [7, 11) is 3.27. The maximum Gasteiger partial charge on any atom is 0.179 e. The van der Waals surface area contributed by atoms with Crippen LogP contribution in [0.5, 0.6) is 0 Å². The van der Waals surface area contributed by atoms with Gasteiger partial charge in [0.15, 0.2) is 5.78 Å². The fourth-order valence-electron chi connectivity index (χ4n) is 1.37. The van der Waals surface area contributed by atoms with Gasteiger partial charge in [0.25, 0.3) is 0 Å². The Labute approximate surface area is 99.0 Å². The molecule has 0 heterocycles. The van der Waals surface area contributed by atoms with E-state index < -0.39 is 17.4 Å². The van der Waals surface area contributed by atoms with E-state index in [2.05, 4.69) is 0 Å². The molecule has 0 fully saturated rings. The van der Waals surface area contributed by atoms with Crippen molar-refractivity contribution in [3.63, 3.8) is 0 Å². The van der Waals surface area contributed by atoms with E-state index >= 15 is 0 Å². The average molecular weight is 243 g/mol. The fourth-order valence-corrected chi connectivity index (χ4v) is 1.37. The molecule has 0 saturated heterocycles. The zero-order chi connectivity index (χ0) is 12.8. The Morgan fingerprint density at radius 3 is 2.76 bits per heavy atom. The molecule has 0 atom stereocenters. The summed E-state index contributed by atoms with van der Waals surface area (Å²) < 4.78 is 31.0. The summed E-state index contributed by atoms with van der Waals surface area (Å²) in [5, 5.41) is 0. The van der Waals surface area contributed by atoms with Crippen LogP contribution in [0.25, 0.3) is 0 Å². The number of hydrogen-bond acceptors (Lipinski definition) is 3. The Morgan fingerprint density at radius 2 is 2.12 bits per heavy atom. The molecule has 0 spiro atoms. The summed E-state index contributed by atoms with van der Waals surface area (Å²) in [6.07, 6.45) is 0. The van der Waals surface area contributed by atoms with Gasteiger partial charge in [0, 0.05) is 13.7 Å². The minimum atomic E-state index is -0.698. The van der Waals surface area contributed by atoms with Crippen molar-refractivity contribution < 1.29 is 18.3 Å². The first-order chi connectivity index (χ1) is 8.04. The Morgan fingerprint density at radius 1 is 1.41 bits per heavy atom. The van der Waals surface area contributed by atoms with Gasteiger partial charge in [-0.3, -0.25) is 9.69 Å². The predicted molar refractivity (Wildman–Crippen MR) is 60.1 cm³/mol. The summed E-state index contributed by atoms with van der Waals surface area (Å²) >= 11 is 0. The molecule has 0 bridgehead atoms. The molecular formula is C12H15F2NO2. The van der Waals surface area contributed by atoms with Crippen molar-refractivity contribution in [3.8, 4) is 0 Å². The maximum atomic E-state index is 13.3. The summed E-state index contributed by atoms with van der Waals surface area (Å²) in [5.74, 6) is -1.76. The van der Waals surface area contributed by atoms with Crippen molar-refractivity contribution >= 4 is 5.78 Å².